The topological polar surface area (TPSA) is 50.8 Å². The Balaban J connectivity index is 2.59. The summed E-state index contributed by atoms with van der Waals surface area (Å²) in [5.41, 5.74) is 1.14. The fourth-order valence-corrected chi connectivity index (χ4v) is 2.28. The second kappa shape index (κ2) is 9.02. The van der Waals surface area contributed by atoms with Gasteiger partial charge in [0, 0.05) is 34.3 Å². The maximum Gasteiger partial charge on any atom is 0.262 e. The molecule has 1 rings (SSSR count). The first-order chi connectivity index (χ1) is 9.95. The minimum atomic E-state index is -0.512. The van der Waals surface area contributed by atoms with Crippen LogP contribution in [0.15, 0.2) is 22.7 Å². The van der Waals surface area contributed by atoms with Gasteiger partial charge in [0.25, 0.3) is 5.91 Å². The normalized spacial score (nSPS) is 12.0. The van der Waals surface area contributed by atoms with Gasteiger partial charge < -0.3 is 19.7 Å². The van der Waals surface area contributed by atoms with Crippen LogP contribution in [0.25, 0.3) is 0 Å². The molecule has 1 aromatic carbocycles. The summed E-state index contributed by atoms with van der Waals surface area (Å²) in [5.74, 6) is 0.602. The number of nitrogens with one attached hydrogen (secondary N) is 1. The summed E-state index contributed by atoms with van der Waals surface area (Å²) in [6.07, 6.45) is -0.512. The highest BCUT2D eigenvalue weighted by Gasteiger charge is 2.17. The van der Waals surface area contributed by atoms with Crippen molar-refractivity contribution in [3.63, 3.8) is 0 Å². The van der Waals surface area contributed by atoms with Crippen molar-refractivity contribution in [3.8, 4) is 5.75 Å². The highest BCUT2D eigenvalue weighted by molar-refractivity contribution is 9.10. The lowest BCUT2D eigenvalue weighted by atomic mass is 10.2. The second-order valence-corrected chi connectivity index (χ2v) is 5.78. The molecule has 118 valence electrons. The number of benzene rings is 1. The molecule has 1 unspecified atom stereocenters. The molecule has 0 aliphatic heterocycles. The van der Waals surface area contributed by atoms with E-state index in [0.29, 0.717) is 12.4 Å². The van der Waals surface area contributed by atoms with Gasteiger partial charge >= 0.3 is 0 Å². The molecule has 0 aromatic heterocycles. The lowest BCUT2D eigenvalue weighted by Gasteiger charge is -2.19. The van der Waals surface area contributed by atoms with Crippen molar-refractivity contribution in [2.75, 3.05) is 34.4 Å². The molecular weight excluding hydrogens is 336 g/mol. The van der Waals surface area contributed by atoms with Crippen LogP contribution in [0.3, 0.4) is 0 Å². The minimum Gasteiger partial charge on any atom is -0.480 e. The molecule has 0 aliphatic carbocycles. The molecule has 0 saturated heterocycles. The smallest absolute Gasteiger partial charge is 0.262 e. The molecule has 5 nitrogen and oxygen atoms in total. The Morgan fingerprint density at radius 1 is 1.43 bits per heavy atom. The van der Waals surface area contributed by atoms with Crippen LogP contribution in [0.1, 0.15) is 12.5 Å². The van der Waals surface area contributed by atoms with Crippen molar-refractivity contribution < 1.29 is 14.3 Å². The van der Waals surface area contributed by atoms with E-state index in [2.05, 4.69) is 21.2 Å². The number of rotatable bonds is 8. The lowest BCUT2D eigenvalue weighted by Crippen LogP contribution is -2.35. The van der Waals surface area contributed by atoms with Gasteiger partial charge in [0.05, 0.1) is 11.1 Å². The van der Waals surface area contributed by atoms with Crippen LogP contribution in [0.5, 0.6) is 5.75 Å². The highest BCUT2D eigenvalue weighted by atomic mass is 79.9. The van der Waals surface area contributed by atoms with E-state index in [1.54, 1.807) is 28.1 Å². The van der Waals surface area contributed by atoms with Gasteiger partial charge in [-0.05, 0) is 40.5 Å². The molecule has 1 atom stereocenters. The van der Waals surface area contributed by atoms with E-state index < -0.39 is 6.10 Å². The van der Waals surface area contributed by atoms with Crippen molar-refractivity contribution in [1.82, 2.24) is 10.2 Å². The van der Waals surface area contributed by atoms with Crippen LogP contribution >= 0.6 is 15.9 Å². The van der Waals surface area contributed by atoms with Gasteiger partial charge in [-0.1, -0.05) is 6.07 Å². The van der Waals surface area contributed by atoms with Crippen LogP contribution in [0.2, 0.25) is 0 Å². The number of ether oxygens (including phenoxy) is 2. The number of carbonyl (C=O) groups excluding carboxylic acids is 1. The van der Waals surface area contributed by atoms with Crippen LogP contribution < -0.4 is 10.1 Å². The van der Waals surface area contributed by atoms with Crippen molar-refractivity contribution >= 4 is 21.8 Å². The predicted molar refractivity (Wildman–Crippen MR) is 86.5 cm³/mol. The Labute approximate surface area is 134 Å². The van der Waals surface area contributed by atoms with Gasteiger partial charge in [-0.2, -0.15) is 0 Å². The summed E-state index contributed by atoms with van der Waals surface area (Å²) >= 11 is 3.48. The molecule has 21 heavy (non-hydrogen) atoms. The quantitative estimate of drug-likeness (QED) is 0.722. The summed E-state index contributed by atoms with van der Waals surface area (Å²) in [7, 11) is 5.11. The van der Waals surface area contributed by atoms with E-state index in [-0.39, 0.29) is 5.91 Å². The van der Waals surface area contributed by atoms with E-state index in [4.69, 9.17) is 9.47 Å². The number of methoxy groups -OCH3 is 1. The maximum atomic E-state index is 11.8. The second-order valence-electron chi connectivity index (χ2n) is 4.93. The number of likely N-dealkylation sites (N-methyl/N-ethyl adjacent to an activating group) is 1. The summed E-state index contributed by atoms with van der Waals surface area (Å²) in [6.45, 7) is 4.00. The Bertz CT molecular complexity index is 466. The van der Waals surface area contributed by atoms with Crippen LogP contribution in [0.4, 0.5) is 0 Å². The predicted octanol–water partition coefficient (Wildman–Crippen LogP) is 2.04. The van der Waals surface area contributed by atoms with Crippen molar-refractivity contribution in [2.45, 2.75) is 19.6 Å². The largest absolute Gasteiger partial charge is 0.480 e. The molecule has 0 bridgehead atoms. The third-order valence-corrected chi connectivity index (χ3v) is 3.52. The SMILES string of the molecule is COCCNCc1ccc(OC(C)C(=O)N(C)C)c(Br)c1. The third-order valence-electron chi connectivity index (χ3n) is 2.90. The lowest BCUT2D eigenvalue weighted by molar-refractivity contribution is -0.135. The monoisotopic (exact) mass is 358 g/mol. The first kappa shape index (κ1) is 17.9. The van der Waals surface area contributed by atoms with Gasteiger partial charge in [0.2, 0.25) is 0 Å². The van der Waals surface area contributed by atoms with Crippen molar-refractivity contribution in [2.24, 2.45) is 0 Å². The van der Waals surface area contributed by atoms with E-state index in [9.17, 15) is 4.79 Å². The molecule has 0 radical (unpaired) electrons. The van der Waals surface area contributed by atoms with Crippen LogP contribution in [0, 0.1) is 0 Å². The molecule has 1 N–H and O–H groups in total. The molecule has 0 saturated carbocycles. The maximum absolute atomic E-state index is 11.8. The summed E-state index contributed by atoms with van der Waals surface area (Å²) in [6, 6.07) is 5.84. The number of halogens is 1. The van der Waals surface area contributed by atoms with Gasteiger partial charge in [-0.25, -0.2) is 0 Å². The molecule has 1 amide bonds. The van der Waals surface area contributed by atoms with E-state index in [1.165, 1.54) is 4.90 Å². The molecule has 1 aromatic rings. The third kappa shape index (κ3) is 6.03. The fourth-order valence-electron chi connectivity index (χ4n) is 1.76. The van der Waals surface area contributed by atoms with Crippen molar-refractivity contribution in [3.05, 3.63) is 28.2 Å². The Kier molecular flexibility index (Phi) is 7.71. The first-order valence-corrected chi connectivity index (χ1v) is 7.61. The fraction of sp³-hybridized carbons (Fsp3) is 0.533. The average molecular weight is 359 g/mol. The number of hydrogen-bond acceptors (Lipinski definition) is 4. The summed E-state index contributed by atoms with van der Waals surface area (Å²) in [4.78, 5) is 13.3. The molecule has 6 heteroatoms. The molecule has 0 aliphatic rings. The molecule has 0 fully saturated rings. The highest BCUT2D eigenvalue weighted by Crippen LogP contribution is 2.27. The number of carbonyl (C=O) groups is 1. The zero-order chi connectivity index (χ0) is 15.8. The Morgan fingerprint density at radius 2 is 2.14 bits per heavy atom. The van der Waals surface area contributed by atoms with Crippen LogP contribution in [-0.4, -0.2) is 51.3 Å². The number of nitrogens with zero attached hydrogens (tertiary/aromatic N) is 1. The summed E-state index contributed by atoms with van der Waals surface area (Å²) < 4.78 is 11.5. The number of hydrogen-bond donors (Lipinski definition) is 1. The average Bonchev–Trinajstić information content (AvgIpc) is 2.45. The van der Waals surface area contributed by atoms with Gasteiger partial charge in [0.15, 0.2) is 6.10 Å². The summed E-state index contributed by atoms with van der Waals surface area (Å²) in [5, 5.41) is 3.28. The van der Waals surface area contributed by atoms with Crippen molar-refractivity contribution in [1.29, 1.82) is 0 Å². The van der Waals surface area contributed by atoms with Gasteiger partial charge in [-0.3, -0.25) is 4.79 Å². The molecule has 0 spiro atoms. The number of amides is 1. The standard InChI is InChI=1S/C15H23BrN2O3/c1-11(15(19)18(2)3)21-14-6-5-12(9-13(14)16)10-17-7-8-20-4/h5-6,9,11,17H,7-8,10H2,1-4H3. The van der Waals surface area contributed by atoms with Crippen LogP contribution in [-0.2, 0) is 16.1 Å². The zero-order valence-electron chi connectivity index (χ0n) is 13.0. The Hall–Kier alpha value is -1.11. The van der Waals surface area contributed by atoms with E-state index in [0.717, 1.165) is 23.1 Å². The Morgan fingerprint density at radius 3 is 2.71 bits per heavy atom. The zero-order valence-corrected chi connectivity index (χ0v) is 14.6. The molecular formula is C15H23BrN2O3. The minimum absolute atomic E-state index is 0.0628. The van der Waals surface area contributed by atoms with E-state index >= 15 is 0 Å². The van der Waals surface area contributed by atoms with E-state index in [1.807, 2.05) is 18.2 Å². The first-order valence-electron chi connectivity index (χ1n) is 6.81. The van der Waals surface area contributed by atoms with Gasteiger partial charge in [0.1, 0.15) is 5.75 Å². The van der Waals surface area contributed by atoms with Gasteiger partial charge in [-0.15, -0.1) is 0 Å². The molecule has 0 heterocycles.